The molecule has 12 heavy (non-hydrogen) atoms. The average Bonchev–Trinajstić information content (AvgIpc) is 2.07. The first-order valence-corrected chi connectivity index (χ1v) is 3.22. The van der Waals surface area contributed by atoms with Gasteiger partial charge in [0.05, 0.1) is 5.69 Å². The van der Waals surface area contributed by atoms with Crippen molar-refractivity contribution in [1.82, 2.24) is 10.2 Å². The van der Waals surface area contributed by atoms with Crippen LogP contribution in [0.15, 0.2) is 18.3 Å². The Bertz CT molecular complexity index is 316. The molecule has 1 heterocycles. The Labute approximate surface area is 69.3 Å². The molecule has 0 bridgehead atoms. The fraction of sp³-hybridized carbons (Fsp3) is 0.125. The third kappa shape index (κ3) is 1.58. The molecule has 0 aromatic carbocycles. The zero-order chi connectivity index (χ0) is 8.97. The minimum absolute atomic E-state index is 0.285. The first-order valence-electron chi connectivity index (χ1n) is 3.22. The van der Waals surface area contributed by atoms with Crippen LogP contribution in [0.2, 0.25) is 0 Å². The summed E-state index contributed by atoms with van der Waals surface area (Å²) in [7, 11) is 0. The number of aliphatic carboxylic acids is 1. The van der Waals surface area contributed by atoms with Crippen molar-refractivity contribution in [3.8, 4) is 12.3 Å². The molecule has 0 aliphatic rings. The molecule has 1 rings (SSSR count). The predicted octanol–water partition coefficient (Wildman–Crippen LogP) is 0.278. The van der Waals surface area contributed by atoms with E-state index in [4.69, 9.17) is 11.5 Å². The number of aromatic nitrogens is 2. The third-order valence-corrected chi connectivity index (χ3v) is 1.30. The van der Waals surface area contributed by atoms with Gasteiger partial charge >= 0.3 is 5.97 Å². The largest absolute Gasteiger partial charge is 0.480 e. The van der Waals surface area contributed by atoms with Crippen LogP contribution >= 0.6 is 0 Å². The van der Waals surface area contributed by atoms with E-state index in [1.165, 1.54) is 12.3 Å². The lowest BCUT2D eigenvalue weighted by Crippen LogP contribution is -2.11. The van der Waals surface area contributed by atoms with Crippen LogP contribution in [-0.4, -0.2) is 21.3 Å². The third-order valence-electron chi connectivity index (χ3n) is 1.30. The molecular weight excluding hydrogens is 156 g/mol. The zero-order valence-corrected chi connectivity index (χ0v) is 6.14. The van der Waals surface area contributed by atoms with E-state index >= 15 is 0 Å². The molecule has 0 saturated carbocycles. The molecule has 1 aromatic rings. The maximum Gasteiger partial charge on any atom is 0.324 e. The second-order valence-electron chi connectivity index (χ2n) is 2.09. The summed E-state index contributed by atoms with van der Waals surface area (Å²) in [5.41, 5.74) is 0.285. The van der Waals surface area contributed by atoms with Crippen LogP contribution < -0.4 is 0 Å². The Morgan fingerprint density at radius 1 is 1.75 bits per heavy atom. The molecule has 4 heteroatoms. The van der Waals surface area contributed by atoms with Crippen molar-refractivity contribution in [3.63, 3.8) is 0 Å². The van der Waals surface area contributed by atoms with Gasteiger partial charge in [0, 0.05) is 6.20 Å². The number of carbonyl (C=O) groups is 1. The van der Waals surface area contributed by atoms with Crippen molar-refractivity contribution in [2.24, 2.45) is 0 Å². The van der Waals surface area contributed by atoms with Gasteiger partial charge in [-0.3, -0.25) is 4.79 Å². The number of nitrogens with zero attached hydrogens (tertiary/aromatic N) is 2. The fourth-order valence-corrected chi connectivity index (χ4v) is 0.751. The van der Waals surface area contributed by atoms with Crippen molar-refractivity contribution >= 4 is 5.97 Å². The normalized spacial score (nSPS) is 11.6. The first-order chi connectivity index (χ1) is 5.75. The van der Waals surface area contributed by atoms with Crippen molar-refractivity contribution in [3.05, 3.63) is 24.0 Å². The van der Waals surface area contributed by atoms with Gasteiger partial charge in [0.15, 0.2) is 5.92 Å². The highest BCUT2D eigenvalue weighted by Gasteiger charge is 2.17. The van der Waals surface area contributed by atoms with E-state index in [1.807, 2.05) is 0 Å². The molecule has 1 atom stereocenters. The Morgan fingerprint density at radius 2 is 2.50 bits per heavy atom. The van der Waals surface area contributed by atoms with Crippen molar-refractivity contribution in [2.45, 2.75) is 5.92 Å². The summed E-state index contributed by atoms with van der Waals surface area (Å²) >= 11 is 0. The van der Waals surface area contributed by atoms with Gasteiger partial charge in [-0.05, 0) is 12.1 Å². The summed E-state index contributed by atoms with van der Waals surface area (Å²) in [6.07, 6.45) is 6.46. The molecule has 0 amide bonds. The topological polar surface area (TPSA) is 63.1 Å². The van der Waals surface area contributed by atoms with Crippen LogP contribution in [0.25, 0.3) is 0 Å². The number of carboxylic acids is 1. The molecule has 1 unspecified atom stereocenters. The molecule has 60 valence electrons. The van der Waals surface area contributed by atoms with Crippen LogP contribution in [0.1, 0.15) is 11.6 Å². The van der Waals surface area contributed by atoms with E-state index < -0.39 is 11.9 Å². The molecule has 0 aliphatic carbocycles. The molecule has 1 N–H and O–H groups in total. The second kappa shape index (κ2) is 3.49. The van der Waals surface area contributed by atoms with Crippen LogP contribution in [0.4, 0.5) is 0 Å². The molecular formula is C8H6N2O2. The monoisotopic (exact) mass is 162 g/mol. The van der Waals surface area contributed by atoms with Gasteiger partial charge < -0.3 is 5.11 Å². The molecule has 0 radical (unpaired) electrons. The lowest BCUT2D eigenvalue weighted by Gasteiger charge is -2.01. The SMILES string of the molecule is C#CC(C(=O)O)c1cccnn1. The van der Waals surface area contributed by atoms with E-state index in [9.17, 15) is 4.79 Å². The predicted molar refractivity (Wildman–Crippen MR) is 41.2 cm³/mol. The maximum atomic E-state index is 10.5. The first kappa shape index (κ1) is 8.21. The summed E-state index contributed by atoms with van der Waals surface area (Å²) < 4.78 is 0. The summed E-state index contributed by atoms with van der Waals surface area (Å²) in [6, 6.07) is 3.13. The van der Waals surface area contributed by atoms with Gasteiger partial charge in [-0.25, -0.2) is 0 Å². The number of terminal acetylenes is 1. The average molecular weight is 162 g/mol. The van der Waals surface area contributed by atoms with E-state index in [0.717, 1.165) is 0 Å². The standard InChI is InChI=1S/C8H6N2O2/c1-2-6(8(11)12)7-4-3-5-9-10-7/h1,3-6H,(H,11,12). The summed E-state index contributed by atoms with van der Waals surface area (Å²) in [4.78, 5) is 10.5. The fourth-order valence-electron chi connectivity index (χ4n) is 0.751. The lowest BCUT2D eigenvalue weighted by atomic mass is 10.1. The van der Waals surface area contributed by atoms with Crippen molar-refractivity contribution in [1.29, 1.82) is 0 Å². The second-order valence-corrected chi connectivity index (χ2v) is 2.09. The van der Waals surface area contributed by atoms with E-state index in [2.05, 4.69) is 16.1 Å². The zero-order valence-electron chi connectivity index (χ0n) is 6.14. The molecule has 1 aromatic heterocycles. The van der Waals surface area contributed by atoms with Crippen molar-refractivity contribution in [2.75, 3.05) is 0 Å². The lowest BCUT2D eigenvalue weighted by molar-refractivity contribution is -0.137. The molecule has 0 aliphatic heterocycles. The van der Waals surface area contributed by atoms with E-state index in [-0.39, 0.29) is 5.69 Å². The Hall–Kier alpha value is -1.89. The highest BCUT2D eigenvalue weighted by atomic mass is 16.4. The highest BCUT2D eigenvalue weighted by molar-refractivity contribution is 5.79. The Balaban J connectivity index is 2.98. The minimum atomic E-state index is -1.09. The van der Waals surface area contributed by atoms with Gasteiger partial charge in [0.1, 0.15) is 0 Å². The Morgan fingerprint density at radius 3 is 2.92 bits per heavy atom. The summed E-state index contributed by atoms with van der Waals surface area (Å²) in [6.45, 7) is 0. The molecule has 0 spiro atoms. The number of hydrogen-bond donors (Lipinski definition) is 1. The van der Waals surface area contributed by atoms with Gasteiger partial charge in [0.25, 0.3) is 0 Å². The molecule has 0 saturated heterocycles. The van der Waals surface area contributed by atoms with Gasteiger partial charge in [-0.15, -0.1) is 6.42 Å². The van der Waals surface area contributed by atoms with E-state index in [0.29, 0.717) is 0 Å². The number of hydrogen-bond acceptors (Lipinski definition) is 3. The molecule has 4 nitrogen and oxygen atoms in total. The van der Waals surface area contributed by atoms with Crippen molar-refractivity contribution < 1.29 is 9.90 Å². The smallest absolute Gasteiger partial charge is 0.324 e. The molecule has 0 fully saturated rings. The maximum absolute atomic E-state index is 10.5. The van der Waals surface area contributed by atoms with E-state index in [1.54, 1.807) is 6.07 Å². The van der Waals surface area contributed by atoms with Gasteiger partial charge in [-0.1, -0.05) is 5.92 Å². The minimum Gasteiger partial charge on any atom is -0.480 e. The van der Waals surface area contributed by atoms with Gasteiger partial charge in [-0.2, -0.15) is 10.2 Å². The van der Waals surface area contributed by atoms with Gasteiger partial charge in [0.2, 0.25) is 0 Å². The van der Waals surface area contributed by atoms with Crippen LogP contribution in [0.5, 0.6) is 0 Å². The number of carboxylic acid groups (broad SMARTS) is 1. The van der Waals surface area contributed by atoms with Crippen LogP contribution in [0.3, 0.4) is 0 Å². The highest BCUT2D eigenvalue weighted by Crippen LogP contribution is 2.09. The van der Waals surface area contributed by atoms with Crippen LogP contribution in [-0.2, 0) is 4.79 Å². The number of rotatable bonds is 2. The Kier molecular flexibility index (Phi) is 2.38. The van der Waals surface area contributed by atoms with Crippen LogP contribution in [0, 0.1) is 12.3 Å². The summed E-state index contributed by atoms with van der Waals surface area (Å²) in [5, 5.41) is 15.7. The summed E-state index contributed by atoms with van der Waals surface area (Å²) in [5.74, 6) is 0.0294. The quantitative estimate of drug-likeness (QED) is 0.634.